The lowest BCUT2D eigenvalue weighted by Crippen LogP contribution is -2.48. The van der Waals surface area contributed by atoms with E-state index in [1.165, 1.54) is 25.2 Å². The van der Waals surface area contributed by atoms with E-state index >= 15 is 0 Å². The molecular formula is C18H23N7O. The lowest BCUT2D eigenvalue weighted by molar-refractivity contribution is 0.0927. The summed E-state index contributed by atoms with van der Waals surface area (Å²) in [5.41, 5.74) is 0.350. The molecule has 1 atom stereocenters. The molecule has 2 aliphatic rings. The van der Waals surface area contributed by atoms with Crippen molar-refractivity contribution in [1.29, 1.82) is 0 Å². The summed E-state index contributed by atoms with van der Waals surface area (Å²) in [6.45, 7) is 3.80. The summed E-state index contributed by atoms with van der Waals surface area (Å²) in [5.74, 6) is 1.75. The number of nitrogens with one attached hydrogen (secondary N) is 1. The third-order valence-electron chi connectivity index (χ3n) is 4.94. The summed E-state index contributed by atoms with van der Waals surface area (Å²) in [5, 5.41) is 3.07. The van der Waals surface area contributed by atoms with E-state index in [1.807, 2.05) is 0 Å². The number of carbonyl (C=O) groups excluding carboxylic acids is 1. The van der Waals surface area contributed by atoms with Crippen LogP contribution in [0.2, 0.25) is 0 Å². The van der Waals surface area contributed by atoms with Gasteiger partial charge in [-0.15, -0.1) is 0 Å². The normalized spacial score (nSPS) is 20.2. The zero-order valence-corrected chi connectivity index (χ0v) is 14.7. The van der Waals surface area contributed by atoms with Crippen LogP contribution in [-0.2, 0) is 0 Å². The van der Waals surface area contributed by atoms with Crippen LogP contribution in [0.15, 0.2) is 31.0 Å². The molecule has 1 amide bonds. The zero-order chi connectivity index (χ0) is 17.8. The number of hydrogen-bond donors (Lipinski definition) is 1. The van der Waals surface area contributed by atoms with E-state index in [0.717, 1.165) is 50.7 Å². The number of rotatable bonds is 4. The molecule has 0 radical (unpaired) electrons. The van der Waals surface area contributed by atoms with Gasteiger partial charge in [0.25, 0.3) is 5.91 Å². The molecule has 4 heterocycles. The highest BCUT2D eigenvalue weighted by Crippen LogP contribution is 2.23. The molecule has 0 spiro atoms. The SMILES string of the molecule is O=C(NC1CCCN(c2cc(N3CCCC3)ncn2)C1)c1cnccn1. The van der Waals surface area contributed by atoms with Crippen LogP contribution >= 0.6 is 0 Å². The quantitative estimate of drug-likeness (QED) is 0.885. The van der Waals surface area contributed by atoms with Crippen molar-refractivity contribution in [3.8, 4) is 0 Å². The maximum Gasteiger partial charge on any atom is 0.271 e. The van der Waals surface area contributed by atoms with Gasteiger partial charge in [0, 0.05) is 50.7 Å². The van der Waals surface area contributed by atoms with Crippen molar-refractivity contribution in [2.24, 2.45) is 0 Å². The molecule has 0 aliphatic carbocycles. The van der Waals surface area contributed by atoms with Crippen LogP contribution in [0.4, 0.5) is 11.6 Å². The summed E-state index contributed by atoms with van der Waals surface area (Å²) < 4.78 is 0. The summed E-state index contributed by atoms with van der Waals surface area (Å²) in [7, 11) is 0. The first-order valence-electron chi connectivity index (χ1n) is 9.18. The second-order valence-corrected chi connectivity index (χ2v) is 6.78. The summed E-state index contributed by atoms with van der Waals surface area (Å²) in [6, 6.07) is 2.14. The highest BCUT2D eigenvalue weighted by molar-refractivity contribution is 5.92. The summed E-state index contributed by atoms with van der Waals surface area (Å²) in [6.07, 6.45) is 10.6. The molecule has 8 heteroatoms. The van der Waals surface area contributed by atoms with E-state index in [1.54, 1.807) is 12.5 Å². The predicted molar refractivity (Wildman–Crippen MR) is 98.2 cm³/mol. The van der Waals surface area contributed by atoms with Crippen LogP contribution in [0.3, 0.4) is 0 Å². The minimum Gasteiger partial charge on any atom is -0.356 e. The minimum absolute atomic E-state index is 0.0726. The van der Waals surface area contributed by atoms with Crippen molar-refractivity contribution in [1.82, 2.24) is 25.3 Å². The molecule has 1 N–H and O–H groups in total. The zero-order valence-electron chi connectivity index (χ0n) is 14.7. The van der Waals surface area contributed by atoms with E-state index in [-0.39, 0.29) is 11.9 Å². The van der Waals surface area contributed by atoms with Crippen molar-refractivity contribution in [2.45, 2.75) is 31.7 Å². The number of hydrogen-bond acceptors (Lipinski definition) is 7. The van der Waals surface area contributed by atoms with Crippen molar-refractivity contribution in [2.75, 3.05) is 36.0 Å². The van der Waals surface area contributed by atoms with Crippen molar-refractivity contribution < 1.29 is 4.79 Å². The van der Waals surface area contributed by atoms with Gasteiger partial charge >= 0.3 is 0 Å². The number of nitrogens with zero attached hydrogens (tertiary/aromatic N) is 6. The molecule has 4 rings (SSSR count). The highest BCUT2D eigenvalue weighted by Gasteiger charge is 2.24. The lowest BCUT2D eigenvalue weighted by Gasteiger charge is -2.34. The van der Waals surface area contributed by atoms with Gasteiger partial charge in [0.1, 0.15) is 23.7 Å². The van der Waals surface area contributed by atoms with Crippen LogP contribution in [0.5, 0.6) is 0 Å². The van der Waals surface area contributed by atoms with E-state index in [0.29, 0.717) is 5.69 Å². The topological polar surface area (TPSA) is 87.1 Å². The maximum atomic E-state index is 12.3. The molecule has 2 saturated heterocycles. The molecule has 0 saturated carbocycles. The summed E-state index contributed by atoms with van der Waals surface area (Å²) >= 11 is 0. The van der Waals surface area contributed by atoms with Gasteiger partial charge < -0.3 is 15.1 Å². The monoisotopic (exact) mass is 353 g/mol. The lowest BCUT2D eigenvalue weighted by atomic mass is 10.1. The van der Waals surface area contributed by atoms with Crippen LogP contribution in [0.25, 0.3) is 0 Å². The van der Waals surface area contributed by atoms with Crippen LogP contribution in [-0.4, -0.2) is 58.1 Å². The first-order valence-corrected chi connectivity index (χ1v) is 9.18. The maximum absolute atomic E-state index is 12.3. The van der Waals surface area contributed by atoms with Gasteiger partial charge in [-0.2, -0.15) is 0 Å². The van der Waals surface area contributed by atoms with Gasteiger partial charge in [-0.05, 0) is 25.7 Å². The van der Waals surface area contributed by atoms with Gasteiger partial charge in [-0.25, -0.2) is 15.0 Å². The Hall–Kier alpha value is -2.77. The van der Waals surface area contributed by atoms with E-state index in [9.17, 15) is 4.79 Å². The Balaban J connectivity index is 1.42. The molecule has 26 heavy (non-hydrogen) atoms. The first kappa shape index (κ1) is 16.7. The fourth-order valence-electron chi connectivity index (χ4n) is 3.61. The number of carbonyl (C=O) groups is 1. The first-order chi connectivity index (χ1) is 12.8. The Bertz CT molecular complexity index is 748. The van der Waals surface area contributed by atoms with Gasteiger partial charge in [0.05, 0.1) is 6.20 Å². The smallest absolute Gasteiger partial charge is 0.271 e. The fraction of sp³-hybridized carbons (Fsp3) is 0.500. The molecule has 136 valence electrons. The Labute approximate surface area is 152 Å². The highest BCUT2D eigenvalue weighted by atomic mass is 16.2. The van der Waals surface area contributed by atoms with Gasteiger partial charge in [0.2, 0.25) is 0 Å². The standard InChI is InChI=1S/C18H23N7O/c26-18(15-11-19-5-6-20-15)23-14-4-3-9-25(12-14)17-10-16(21-13-22-17)24-7-1-2-8-24/h5-6,10-11,13-14H,1-4,7-9,12H2,(H,23,26). The molecular weight excluding hydrogens is 330 g/mol. The Morgan fingerprint density at radius 1 is 1.00 bits per heavy atom. The molecule has 2 fully saturated rings. The van der Waals surface area contributed by atoms with Crippen molar-refractivity contribution in [3.05, 3.63) is 36.7 Å². The fourth-order valence-corrected chi connectivity index (χ4v) is 3.61. The Kier molecular flexibility index (Phi) is 4.90. The second kappa shape index (κ2) is 7.63. The molecule has 8 nitrogen and oxygen atoms in total. The summed E-state index contributed by atoms with van der Waals surface area (Å²) in [4.78, 5) is 33.8. The number of piperidine rings is 1. The van der Waals surface area contributed by atoms with Gasteiger partial charge in [-0.1, -0.05) is 0 Å². The van der Waals surface area contributed by atoms with Crippen molar-refractivity contribution >= 4 is 17.5 Å². The minimum atomic E-state index is -0.176. The number of amides is 1. The van der Waals surface area contributed by atoms with Gasteiger partial charge in [-0.3, -0.25) is 9.78 Å². The van der Waals surface area contributed by atoms with Crippen LogP contribution < -0.4 is 15.1 Å². The van der Waals surface area contributed by atoms with Crippen LogP contribution in [0.1, 0.15) is 36.2 Å². The average molecular weight is 353 g/mol. The largest absolute Gasteiger partial charge is 0.356 e. The van der Waals surface area contributed by atoms with Crippen LogP contribution in [0, 0.1) is 0 Å². The number of aromatic nitrogens is 4. The molecule has 1 unspecified atom stereocenters. The molecule has 2 aliphatic heterocycles. The number of anilines is 2. The predicted octanol–water partition coefficient (Wildman–Crippen LogP) is 1.27. The van der Waals surface area contributed by atoms with E-state index in [4.69, 9.17) is 0 Å². The second-order valence-electron chi connectivity index (χ2n) is 6.78. The Morgan fingerprint density at radius 2 is 1.77 bits per heavy atom. The molecule has 2 aromatic heterocycles. The third kappa shape index (κ3) is 3.74. The molecule has 2 aromatic rings. The molecule has 0 bridgehead atoms. The van der Waals surface area contributed by atoms with E-state index < -0.39 is 0 Å². The molecule has 0 aromatic carbocycles. The average Bonchev–Trinajstić information content (AvgIpc) is 3.24. The van der Waals surface area contributed by atoms with Gasteiger partial charge in [0.15, 0.2) is 0 Å². The van der Waals surface area contributed by atoms with E-state index in [2.05, 4.69) is 41.1 Å². The third-order valence-corrected chi connectivity index (χ3v) is 4.94. The van der Waals surface area contributed by atoms with Crippen molar-refractivity contribution in [3.63, 3.8) is 0 Å². The Morgan fingerprint density at radius 3 is 2.54 bits per heavy atom.